The second-order valence-corrected chi connectivity index (χ2v) is 4.95. The fourth-order valence-electron chi connectivity index (χ4n) is 0.738. The predicted octanol–water partition coefficient (Wildman–Crippen LogP) is 2.45. The first kappa shape index (κ1) is 8.33. The van der Waals surface area contributed by atoms with Crippen LogP contribution in [0.2, 0.25) is 0 Å². The molecule has 0 radical (unpaired) electrons. The standard InChI is InChI=1S/C5H2Br2N4S/c6-3-2(12-5(7)10-3)4-8-1-9-11-4/h1H,(H,8,9,11). The van der Waals surface area contributed by atoms with E-state index in [1.54, 1.807) is 0 Å². The highest BCUT2D eigenvalue weighted by Gasteiger charge is 2.11. The molecular formula is C5H2Br2N4S. The zero-order valence-electron chi connectivity index (χ0n) is 5.58. The Morgan fingerprint density at radius 3 is 2.75 bits per heavy atom. The molecule has 0 unspecified atom stereocenters. The molecule has 0 aliphatic rings. The van der Waals surface area contributed by atoms with E-state index in [2.05, 4.69) is 52.0 Å². The normalized spacial score (nSPS) is 10.5. The topological polar surface area (TPSA) is 54.5 Å². The van der Waals surface area contributed by atoms with Crippen molar-refractivity contribution in [1.82, 2.24) is 20.2 Å². The summed E-state index contributed by atoms with van der Waals surface area (Å²) in [5.74, 6) is 0.727. The van der Waals surface area contributed by atoms with Gasteiger partial charge in [-0.1, -0.05) is 0 Å². The van der Waals surface area contributed by atoms with Gasteiger partial charge in [-0.05, 0) is 31.9 Å². The third-order valence-electron chi connectivity index (χ3n) is 1.19. The van der Waals surface area contributed by atoms with Crippen molar-refractivity contribution in [2.45, 2.75) is 0 Å². The third-order valence-corrected chi connectivity index (χ3v) is 3.54. The lowest BCUT2D eigenvalue weighted by Crippen LogP contribution is -1.76. The van der Waals surface area contributed by atoms with Crippen LogP contribution in [0.4, 0.5) is 0 Å². The summed E-state index contributed by atoms with van der Waals surface area (Å²) in [6.07, 6.45) is 1.47. The monoisotopic (exact) mass is 308 g/mol. The van der Waals surface area contributed by atoms with E-state index in [0.717, 1.165) is 19.2 Å². The van der Waals surface area contributed by atoms with Crippen molar-refractivity contribution < 1.29 is 0 Å². The number of aromatic nitrogens is 4. The molecule has 0 amide bonds. The number of nitrogens with zero attached hydrogens (tertiary/aromatic N) is 3. The average molecular weight is 310 g/mol. The van der Waals surface area contributed by atoms with Crippen LogP contribution in [0, 0.1) is 0 Å². The summed E-state index contributed by atoms with van der Waals surface area (Å²) in [5, 5.41) is 6.52. The molecule has 0 aliphatic heterocycles. The lowest BCUT2D eigenvalue weighted by Gasteiger charge is -1.86. The molecule has 62 valence electrons. The minimum Gasteiger partial charge on any atom is -0.259 e. The number of hydrogen-bond acceptors (Lipinski definition) is 4. The fourth-order valence-corrected chi connectivity index (χ4v) is 2.99. The van der Waals surface area contributed by atoms with Gasteiger partial charge in [0.25, 0.3) is 0 Å². The van der Waals surface area contributed by atoms with Crippen molar-refractivity contribution in [2.24, 2.45) is 0 Å². The number of halogens is 2. The van der Waals surface area contributed by atoms with Gasteiger partial charge in [0.1, 0.15) is 15.8 Å². The summed E-state index contributed by atoms with van der Waals surface area (Å²) in [6, 6.07) is 0. The van der Waals surface area contributed by atoms with Crippen molar-refractivity contribution in [3.63, 3.8) is 0 Å². The maximum atomic E-state index is 4.13. The summed E-state index contributed by atoms with van der Waals surface area (Å²) in [7, 11) is 0. The van der Waals surface area contributed by atoms with Crippen molar-refractivity contribution in [1.29, 1.82) is 0 Å². The zero-order chi connectivity index (χ0) is 8.55. The van der Waals surface area contributed by atoms with Crippen LogP contribution in [0.1, 0.15) is 0 Å². The second kappa shape index (κ2) is 3.23. The average Bonchev–Trinajstić information content (AvgIpc) is 2.58. The van der Waals surface area contributed by atoms with E-state index in [1.165, 1.54) is 17.7 Å². The van der Waals surface area contributed by atoms with Gasteiger partial charge in [-0.2, -0.15) is 5.10 Å². The lowest BCUT2D eigenvalue weighted by atomic mass is 10.5. The number of thiazole rings is 1. The van der Waals surface area contributed by atoms with Gasteiger partial charge >= 0.3 is 0 Å². The Bertz CT molecular complexity index is 382. The first-order valence-corrected chi connectivity index (χ1v) is 5.35. The van der Waals surface area contributed by atoms with E-state index >= 15 is 0 Å². The molecule has 0 bridgehead atoms. The van der Waals surface area contributed by atoms with E-state index in [9.17, 15) is 0 Å². The molecule has 0 saturated carbocycles. The maximum Gasteiger partial charge on any atom is 0.168 e. The Hall–Kier alpha value is -0.270. The van der Waals surface area contributed by atoms with Crippen LogP contribution in [0.15, 0.2) is 14.8 Å². The minimum absolute atomic E-state index is 0.727. The highest BCUT2D eigenvalue weighted by atomic mass is 79.9. The van der Waals surface area contributed by atoms with Crippen LogP contribution in [-0.2, 0) is 0 Å². The lowest BCUT2D eigenvalue weighted by molar-refractivity contribution is 1.10. The minimum atomic E-state index is 0.727. The number of H-pyrrole nitrogens is 1. The molecule has 0 atom stereocenters. The van der Waals surface area contributed by atoms with Crippen molar-refractivity contribution in [2.75, 3.05) is 0 Å². The van der Waals surface area contributed by atoms with Crippen LogP contribution in [0.25, 0.3) is 10.7 Å². The van der Waals surface area contributed by atoms with E-state index in [0.29, 0.717) is 0 Å². The molecule has 0 spiro atoms. The smallest absolute Gasteiger partial charge is 0.168 e. The Morgan fingerprint density at radius 2 is 2.25 bits per heavy atom. The number of hydrogen-bond donors (Lipinski definition) is 1. The van der Waals surface area contributed by atoms with E-state index in [-0.39, 0.29) is 0 Å². The highest BCUT2D eigenvalue weighted by molar-refractivity contribution is 9.11. The fraction of sp³-hybridized carbons (Fsp3) is 0. The molecule has 7 heteroatoms. The van der Waals surface area contributed by atoms with Crippen molar-refractivity contribution >= 4 is 43.2 Å². The largest absolute Gasteiger partial charge is 0.259 e. The van der Waals surface area contributed by atoms with Gasteiger partial charge in [-0.3, -0.25) is 5.10 Å². The zero-order valence-corrected chi connectivity index (χ0v) is 9.57. The molecule has 12 heavy (non-hydrogen) atoms. The molecule has 2 heterocycles. The molecule has 1 N–H and O–H groups in total. The van der Waals surface area contributed by atoms with Crippen molar-refractivity contribution in [3.05, 3.63) is 14.8 Å². The number of nitrogens with one attached hydrogen (secondary N) is 1. The van der Waals surface area contributed by atoms with Gasteiger partial charge in [0.05, 0.1) is 0 Å². The predicted molar refractivity (Wildman–Crippen MR) is 52.9 cm³/mol. The van der Waals surface area contributed by atoms with E-state index < -0.39 is 0 Å². The van der Waals surface area contributed by atoms with Gasteiger partial charge in [0.2, 0.25) is 0 Å². The van der Waals surface area contributed by atoms with Crippen LogP contribution in [0.3, 0.4) is 0 Å². The summed E-state index contributed by atoms with van der Waals surface area (Å²) < 4.78 is 1.59. The second-order valence-electron chi connectivity index (χ2n) is 1.92. The van der Waals surface area contributed by atoms with Gasteiger partial charge in [-0.25, -0.2) is 9.97 Å². The molecule has 0 aliphatic carbocycles. The molecule has 2 rings (SSSR count). The number of aromatic amines is 1. The quantitative estimate of drug-likeness (QED) is 0.880. The molecule has 0 saturated heterocycles. The molecule has 2 aromatic heterocycles. The SMILES string of the molecule is Brc1nc(Br)c(-c2ncn[nH]2)s1. The van der Waals surface area contributed by atoms with Crippen molar-refractivity contribution in [3.8, 4) is 10.7 Å². The summed E-state index contributed by atoms with van der Waals surface area (Å²) in [6.45, 7) is 0. The molecule has 4 nitrogen and oxygen atoms in total. The third kappa shape index (κ3) is 1.44. The molecule has 2 aromatic rings. The van der Waals surface area contributed by atoms with E-state index in [1.807, 2.05) is 0 Å². The molecule has 0 aromatic carbocycles. The summed E-state index contributed by atoms with van der Waals surface area (Å²) in [4.78, 5) is 9.09. The first-order valence-electron chi connectivity index (χ1n) is 2.95. The Kier molecular flexibility index (Phi) is 2.24. The van der Waals surface area contributed by atoms with E-state index in [4.69, 9.17) is 0 Å². The maximum absolute atomic E-state index is 4.13. The Balaban J connectivity index is 2.54. The van der Waals surface area contributed by atoms with Crippen LogP contribution in [-0.4, -0.2) is 20.2 Å². The molecular weight excluding hydrogens is 308 g/mol. The molecule has 0 fully saturated rings. The Morgan fingerprint density at radius 1 is 1.42 bits per heavy atom. The van der Waals surface area contributed by atoms with Crippen LogP contribution < -0.4 is 0 Å². The summed E-state index contributed by atoms with van der Waals surface area (Å²) in [5.41, 5.74) is 0. The summed E-state index contributed by atoms with van der Waals surface area (Å²) >= 11 is 8.10. The van der Waals surface area contributed by atoms with Gasteiger partial charge in [-0.15, -0.1) is 11.3 Å². The van der Waals surface area contributed by atoms with Gasteiger partial charge < -0.3 is 0 Å². The van der Waals surface area contributed by atoms with Crippen LogP contribution >= 0.6 is 43.2 Å². The van der Waals surface area contributed by atoms with Gasteiger partial charge in [0, 0.05) is 0 Å². The van der Waals surface area contributed by atoms with Crippen LogP contribution in [0.5, 0.6) is 0 Å². The Labute approximate surface area is 88.7 Å². The highest BCUT2D eigenvalue weighted by Crippen LogP contribution is 2.33. The number of rotatable bonds is 1. The van der Waals surface area contributed by atoms with Gasteiger partial charge in [0.15, 0.2) is 9.74 Å². The first-order chi connectivity index (χ1) is 5.77.